The summed E-state index contributed by atoms with van der Waals surface area (Å²) in [6, 6.07) is 6.52. The number of ether oxygens (including phenoxy) is 3. The van der Waals surface area contributed by atoms with Gasteiger partial charge in [0.25, 0.3) is 0 Å². The van der Waals surface area contributed by atoms with E-state index in [2.05, 4.69) is 40.4 Å². The van der Waals surface area contributed by atoms with Gasteiger partial charge in [-0.3, -0.25) is 9.89 Å². The van der Waals surface area contributed by atoms with Gasteiger partial charge in [-0.1, -0.05) is 26.0 Å². The molecule has 3 rings (SSSR count). The Morgan fingerprint density at radius 2 is 1.91 bits per heavy atom. The van der Waals surface area contributed by atoms with E-state index in [4.69, 9.17) is 14.2 Å². The van der Waals surface area contributed by atoms with Crippen LogP contribution in [0.15, 0.2) is 23.2 Å². The summed E-state index contributed by atoms with van der Waals surface area (Å²) < 4.78 is 17.5. The van der Waals surface area contributed by atoms with Gasteiger partial charge in [0, 0.05) is 44.8 Å². The molecule has 2 fully saturated rings. The Bertz CT molecular complexity index is 704. The number of hydrogen-bond acceptors (Lipinski definition) is 5. The zero-order valence-electron chi connectivity index (χ0n) is 20.1. The van der Waals surface area contributed by atoms with Gasteiger partial charge >= 0.3 is 0 Å². The van der Waals surface area contributed by atoms with Gasteiger partial charge in [-0.15, -0.1) is 24.0 Å². The highest BCUT2D eigenvalue weighted by molar-refractivity contribution is 14.0. The quantitative estimate of drug-likeness (QED) is 0.273. The molecule has 0 spiro atoms. The highest BCUT2D eigenvalue weighted by Gasteiger charge is 2.24. The Morgan fingerprint density at radius 1 is 1.19 bits per heavy atom. The molecular formula is C24H41IN4O3. The summed E-state index contributed by atoms with van der Waals surface area (Å²) in [6.07, 6.45) is 5.00. The molecule has 1 heterocycles. The topological polar surface area (TPSA) is 67.4 Å². The molecule has 2 N–H and O–H groups in total. The summed E-state index contributed by atoms with van der Waals surface area (Å²) in [5.41, 5.74) is 1.09. The molecule has 1 atom stereocenters. The molecule has 32 heavy (non-hydrogen) atoms. The number of aliphatic imine (C=N–C) groups is 1. The Labute approximate surface area is 210 Å². The van der Waals surface area contributed by atoms with Crippen molar-refractivity contribution in [2.24, 2.45) is 10.9 Å². The molecule has 1 aromatic carbocycles. The largest absolute Gasteiger partial charge is 0.493 e. The van der Waals surface area contributed by atoms with Gasteiger partial charge in [0.15, 0.2) is 17.5 Å². The van der Waals surface area contributed by atoms with E-state index in [9.17, 15) is 0 Å². The minimum absolute atomic E-state index is 0. The smallest absolute Gasteiger partial charge is 0.191 e. The van der Waals surface area contributed by atoms with Crippen LogP contribution in [0, 0.1) is 5.92 Å². The van der Waals surface area contributed by atoms with Gasteiger partial charge in [-0.25, -0.2) is 0 Å². The van der Waals surface area contributed by atoms with Crippen LogP contribution in [0.25, 0.3) is 0 Å². The fourth-order valence-electron chi connectivity index (χ4n) is 4.46. The summed E-state index contributed by atoms with van der Waals surface area (Å²) in [5, 5.41) is 6.98. The zero-order valence-corrected chi connectivity index (χ0v) is 22.4. The predicted molar refractivity (Wildman–Crippen MR) is 141 cm³/mol. The van der Waals surface area contributed by atoms with Crippen molar-refractivity contribution in [3.05, 3.63) is 23.8 Å². The average molecular weight is 561 g/mol. The Hall–Kier alpha value is -1.26. The number of benzene rings is 1. The van der Waals surface area contributed by atoms with Crippen LogP contribution < -0.4 is 20.1 Å². The highest BCUT2D eigenvalue weighted by Crippen LogP contribution is 2.34. The van der Waals surface area contributed by atoms with E-state index in [1.54, 1.807) is 7.11 Å². The number of guanidine groups is 1. The molecule has 1 unspecified atom stereocenters. The first-order valence-corrected chi connectivity index (χ1v) is 11.7. The van der Waals surface area contributed by atoms with Crippen LogP contribution in [0.5, 0.6) is 11.5 Å². The lowest BCUT2D eigenvalue weighted by Crippen LogP contribution is -2.52. The second-order valence-electron chi connectivity index (χ2n) is 8.74. The molecule has 8 heteroatoms. The molecule has 7 nitrogen and oxygen atoms in total. The number of rotatable bonds is 9. The molecule has 1 aliphatic carbocycles. The van der Waals surface area contributed by atoms with Crippen molar-refractivity contribution >= 4 is 29.9 Å². The summed E-state index contributed by atoms with van der Waals surface area (Å²) in [7, 11) is 3.52. The average Bonchev–Trinajstić information content (AvgIpc) is 3.30. The number of nitrogens with zero attached hydrogens (tertiary/aromatic N) is 2. The fraction of sp³-hybridized carbons (Fsp3) is 0.708. The number of nitrogens with one attached hydrogen (secondary N) is 2. The summed E-state index contributed by atoms with van der Waals surface area (Å²) in [4.78, 5) is 6.95. The lowest BCUT2D eigenvalue weighted by molar-refractivity contribution is 0.00752. The molecule has 0 bridgehead atoms. The van der Waals surface area contributed by atoms with E-state index in [-0.39, 0.29) is 30.1 Å². The van der Waals surface area contributed by atoms with E-state index < -0.39 is 0 Å². The standard InChI is InChI=1S/C24H40N4O3.HI/c1-18(2)21(28-12-14-30-15-13-28)17-27-24(25-3)26-16-19-8-7-11-22(29-4)23(19)31-20-9-5-6-10-20;/h7-8,11,18,20-21H,5-6,9-10,12-17H2,1-4H3,(H2,25,26,27);1H. The molecule has 2 aliphatic rings. The van der Waals surface area contributed by atoms with Crippen LogP contribution in [0.4, 0.5) is 0 Å². The minimum Gasteiger partial charge on any atom is -0.493 e. The third-order valence-electron chi connectivity index (χ3n) is 6.30. The number of para-hydroxylation sites is 1. The molecule has 1 saturated carbocycles. The second kappa shape index (κ2) is 14.1. The number of methoxy groups -OCH3 is 1. The highest BCUT2D eigenvalue weighted by atomic mass is 127. The third kappa shape index (κ3) is 7.66. The number of hydrogen-bond donors (Lipinski definition) is 2. The van der Waals surface area contributed by atoms with Crippen LogP contribution in [0.1, 0.15) is 45.1 Å². The Balaban J connectivity index is 0.00000363. The third-order valence-corrected chi connectivity index (χ3v) is 6.30. The summed E-state index contributed by atoms with van der Waals surface area (Å²) in [6.45, 7) is 9.64. The van der Waals surface area contributed by atoms with E-state index in [0.717, 1.165) is 68.7 Å². The van der Waals surface area contributed by atoms with Crippen molar-refractivity contribution in [3.8, 4) is 11.5 Å². The van der Waals surface area contributed by atoms with Crippen molar-refractivity contribution in [3.63, 3.8) is 0 Å². The zero-order chi connectivity index (χ0) is 22.1. The van der Waals surface area contributed by atoms with E-state index in [1.165, 1.54) is 12.8 Å². The first-order valence-electron chi connectivity index (χ1n) is 11.7. The number of morpholine rings is 1. The van der Waals surface area contributed by atoms with Crippen molar-refractivity contribution in [2.75, 3.05) is 47.0 Å². The maximum Gasteiger partial charge on any atom is 0.191 e. The molecule has 0 radical (unpaired) electrons. The monoisotopic (exact) mass is 560 g/mol. The van der Waals surface area contributed by atoms with Gasteiger partial charge in [0.2, 0.25) is 0 Å². The first kappa shape index (κ1) is 27.0. The first-order chi connectivity index (χ1) is 15.1. The van der Waals surface area contributed by atoms with Gasteiger partial charge in [-0.2, -0.15) is 0 Å². The van der Waals surface area contributed by atoms with Gasteiger partial charge in [0.1, 0.15) is 0 Å². The van der Waals surface area contributed by atoms with Gasteiger partial charge in [-0.05, 0) is 37.7 Å². The van der Waals surface area contributed by atoms with E-state index in [0.29, 0.717) is 18.5 Å². The van der Waals surface area contributed by atoms with Crippen LogP contribution in [0.2, 0.25) is 0 Å². The van der Waals surface area contributed by atoms with Crippen molar-refractivity contribution < 1.29 is 14.2 Å². The van der Waals surface area contributed by atoms with Crippen molar-refractivity contribution in [1.29, 1.82) is 0 Å². The number of halogens is 1. The van der Waals surface area contributed by atoms with E-state index in [1.807, 2.05) is 19.2 Å². The van der Waals surface area contributed by atoms with Crippen molar-refractivity contribution in [1.82, 2.24) is 15.5 Å². The molecule has 1 aromatic rings. The predicted octanol–water partition coefficient (Wildman–Crippen LogP) is 3.66. The van der Waals surface area contributed by atoms with Crippen LogP contribution >= 0.6 is 24.0 Å². The van der Waals surface area contributed by atoms with Crippen LogP contribution in [-0.4, -0.2) is 70.0 Å². The second-order valence-corrected chi connectivity index (χ2v) is 8.74. The van der Waals surface area contributed by atoms with Crippen LogP contribution in [0.3, 0.4) is 0 Å². The molecule has 182 valence electrons. The van der Waals surface area contributed by atoms with E-state index >= 15 is 0 Å². The normalized spacial score (nSPS) is 18.8. The maximum atomic E-state index is 6.36. The minimum atomic E-state index is 0. The fourth-order valence-corrected chi connectivity index (χ4v) is 4.46. The summed E-state index contributed by atoms with van der Waals surface area (Å²) >= 11 is 0. The molecule has 1 aliphatic heterocycles. The molecule has 0 aromatic heterocycles. The Morgan fingerprint density at radius 3 is 2.53 bits per heavy atom. The van der Waals surface area contributed by atoms with Crippen molar-refractivity contribution in [2.45, 2.75) is 58.2 Å². The summed E-state index contributed by atoms with van der Waals surface area (Å²) in [5.74, 6) is 3.00. The molecule has 1 saturated heterocycles. The van der Waals surface area contributed by atoms with Gasteiger partial charge < -0.3 is 24.8 Å². The molecular weight excluding hydrogens is 519 g/mol. The van der Waals surface area contributed by atoms with Crippen LogP contribution in [-0.2, 0) is 11.3 Å². The lowest BCUT2D eigenvalue weighted by atomic mass is 10.0. The Kier molecular flexibility index (Phi) is 11.9. The maximum absolute atomic E-state index is 6.36. The SMILES string of the molecule is CN=C(NCc1cccc(OC)c1OC1CCCC1)NCC(C(C)C)N1CCOCC1.I. The lowest BCUT2D eigenvalue weighted by Gasteiger charge is -2.37. The van der Waals surface area contributed by atoms with Gasteiger partial charge in [0.05, 0.1) is 26.4 Å². The molecule has 0 amide bonds.